The van der Waals surface area contributed by atoms with E-state index in [0.29, 0.717) is 18.8 Å². The molecule has 0 spiro atoms. The van der Waals surface area contributed by atoms with Crippen molar-refractivity contribution in [3.8, 4) is 0 Å². The van der Waals surface area contributed by atoms with E-state index in [4.69, 9.17) is 4.74 Å². The van der Waals surface area contributed by atoms with Crippen LogP contribution in [0.5, 0.6) is 0 Å². The molecule has 3 nitrogen and oxygen atoms in total. The van der Waals surface area contributed by atoms with Crippen LogP contribution in [0.15, 0.2) is 23.7 Å². The van der Waals surface area contributed by atoms with Gasteiger partial charge in [-0.3, -0.25) is 0 Å². The molecule has 102 valence electrons. The van der Waals surface area contributed by atoms with E-state index in [1.807, 2.05) is 18.9 Å². The van der Waals surface area contributed by atoms with Gasteiger partial charge in [0, 0.05) is 31.8 Å². The number of likely N-dealkylation sites (N-methyl/N-ethyl adjacent to an activating group) is 1. The van der Waals surface area contributed by atoms with E-state index in [2.05, 4.69) is 5.32 Å². The van der Waals surface area contributed by atoms with Crippen LogP contribution in [0, 0.1) is 0 Å². The molecule has 0 aromatic heterocycles. The largest absolute Gasteiger partial charge is 0.370 e. The Balaban J connectivity index is 2.07. The fourth-order valence-electron chi connectivity index (χ4n) is 2.49. The summed E-state index contributed by atoms with van der Waals surface area (Å²) in [5.41, 5.74) is 0.641. The first-order valence-corrected chi connectivity index (χ1v) is 6.35. The molecule has 1 fully saturated rings. The summed E-state index contributed by atoms with van der Waals surface area (Å²) < 4.78 is 32.4. The van der Waals surface area contributed by atoms with Crippen molar-refractivity contribution in [2.24, 2.45) is 0 Å². The van der Waals surface area contributed by atoms with E-state index >= 15 is 0 Å². The average Bonchev–Trinajstić information content (AvgIpc) is 2.27. The van der Waals surface area contributed by atoms with Gasteiger partial charge < -0.3 is 15.0 Å². The maximum absolute atomic E-state index is 13.4. The molecule has 0 saturated carbocycles. The number of allylic oxidation sites excluding steroid dienone is 3. The molecule has 1 aliphatic carbocycles. The van der Waals surface area contributed by atoms with Crippen molar-refractivity contribution in [1.29, 1.82) is 0 Å². The number of alkyl halides is 1. The third kappa shape index (κ3) is 3.29. The normalized spacial score (nSPS) is 33.1. The molecular formula is C13H20F2N2O. The van der Waals surface area contributed by atoms with Gasteiger partial charge in [-0.2, -0.15) is 0 Å². The van der Waals surface area contributed by atoms with Crippen molar-refractivity contribution in [3.63, 3.8) is 0 Å². The lowest BCUT2D eigenvalue weighted by Gasteiger charge is -2.39. The Morgan fingerprint density at radius 3 is 2.94 bits per heavy atom. The smallest absolute Gasteiger partial charge is 0.127 e. The molecule has 3 atom stereocenters. The monoisotopic (exact) mass is 258 g/mol. The highest BCUT2D eigenvalue weighted by molar-refractivity contribution is 5.27. The molecule has 1 N–H and O–H groups in total. The number of rotatable bonds is 3. The minimum Gasteiger partial charge on any atom is -0.370 e. The molecule has 0 radical (unpaired) electrons. The minimum atomic E-state index is -1.22. The van der Waals surface area contributed by atoms with Crippen LogP contribution in [0.25, 0.3) is 0 Å². The van der Waals surface area contributed by atoms with Crippen molar-refractivity contribution in [2.75, 3.05) is 26.7 Å². The Hall–Kier alpha value is -0.940. The highest BCUT2D eigenvalue weighted by atomic mass is 19.1. The van der Waals surface area contributed by atoms with Crippen LogP contribution < -0.4 is 5.32 Å². The summed E-state index contributed by atoms with van der Waals surface area (Å²) >= 11 is 0. The van der Waals surface area contributed by atoms with Gasteiger partial charge in [0.1, 0.15) is 12.0 Å². The summed E-state index contributed by atoms with van der Waals surface area (Å²) in [6.45, 7) is 4.04. The summed E-state index contributed by atoms with van der Waals surface area (Å²) in [6, 6.07) is 0. The van der Waals surface area contributed by atoms with Crippen LogP contribution in [0.4, 0.5) is 8.78 Å². The van der Waals surface area contributed by atoms with Gasteiger partial charge in [-0.1, -0.05) is 0 Å². The number of nitrogens with zero attached hydrogens (tertiary/aromatic N) is 1. The van der Waals surface area contributed by atoms with Crippen molar-refractivity contribution >= 4 is 0 Å². The molecule has 0 bridgehead atoms. The standard InChI is InChI=1S/C13H20F2N2O/c1-9-7-17(8-13(18-9)6-16-2)12-4-10(14)3-11(15)5-12/h4-5,9-10,13,16H,3,6-8H2,1-2H3. The Morgan fingerprint density at radius 2 is 2.28 bits per heavy atom. The SMILES string of the molecule is CNCC1CN(C2=CC(F)CC(F)=C2)CC(C)O1. The summed E-state index contributed by atoms with van der Waals surface area (Å²) in [5, 5.41) is 3.06. The van der Waals surface area contributed by atoms with E-state index in [9.17, 15) is 8.78 Å². The van der Waals surface area contributed by atoms with Crippen LogP contribution in [0.1, 0.15) is 13.3 Å². The highest BCUT2D eigenvalue weighted by Gasteiger charge is 2.27. The molecule has 2 aliphatic rings. The number of hydrogen-bond donors (Lipinski definition) is 1. The number of morpholine rings is 1. The van der Waals surface area contributed by atoms with Crippen LogP contribution in [-0.2, 0) is 4.74 Å². The number of halogens is 2. The lowest BCUT2D eigenvalue weighted by atomic mass is 10.1. The maximum atomic E-state index is 13.4. The predicted octanol–water partition coefficient (Wildman–Crippen LogP) is 1.77. The lowest BCUT2D eigenvalue weighted by Crippen LogP contribution is -2.49. The average molecular weight is 258 g/mol. The zero-order valence-corrected chi connectivity index (χ0v) is 10.8. The van der Waals surface area contributed by atoms with E-state index in [0.717, 1.165) is 6.54 Å². The Labute approximate surface area is 106 Å². The second-order valence-corrected chi connectivity index (χ2v) is 4.93. The molecule has 1 heterocycles. The highest BCUT2D eigenvalue weighted by Crippen LogP contribution is 2.25. The van der Waals surface area contributed by atoms with Gasteiger partial charge in [0.25, 0.3) is 0 Å². The van der Waals surface area contributed by atoms with E-state index < -0.39 is 6.17 Å². The second-order valence-electron chi connectivity index (χ2n) is 4.93. The Morgan fingerprint density at radius 1 is 1.50 bits per heavy atom. The molecule has 2 rings (SSSR count). The fraction of sp³-hybridized carbons (Fsp3) is 0.692. The Bertz CT molecular complexity index is 357. The van der Waals surface area contributed by atoms with Gasteiger partial charge in [0.15, 0.2) is 0 Å². The second kappa shape index (κ2) is 5.80. The first kappa shape index (κ1) is 13.5. The van der Waals surface area contributed by atoms with Crippen LogP contribution in [-0.4, -0.2) is 50.0 Å². The third-order valence-corrected chi connectivity index (χ3v) is 3.17. The fourth-order valence-corrected chi connectivity index (χ4v) is 2.49. The van der Waals surface area contributed by atoms with Crippen molar-refractivity contribution in [1.82, 2.24) is 10.2 Å². The van der Waals surface area contributed by atoms with E-state index in [1.54, 1.807) is 0 Å². The molecule has 1 aliphatic heterocycles. The molecule has 3 unspecified atom stereocenters. The van der Waals surface area contributed by atoms with Gasteiger partial charge >= 0.3 is 0 Å². The first-order chi connectivity index (χ1) is 8.58. The summed E-state index contributed by atoms with van der Waals surface area (Å²) in [5.74, 6) is -0.385. The Kier molecular flexibility index (Phi) is 4.35. The van der Waals surface area contributed by atoms with Gasteiger partial charge in [-0.05, 0) is 26.1 Å². The van der Waals surface area contributed by atoms with Crippen LogP contribution in [0.3, 0.4) is 0 Å². The summed E-state index contributed by atoms with van der Waals surface area (Å²) in [6.07, 6.45) is 1.70. The van der Waals surface area contributed by atoms with E-state index in [-0.39, 0.29) is 24.5 Å². The first-order valence-electron chi connectivity index (χ1n) is 6.35. The van der Waals surface area contributed by atoms with E-state index in [1.165, 1.54) is 12.2 Å². The zero-order valence-electron chi connectivity index (χ0n) is 10.8. The number of ether oxygens (including phenoxy) is 1. The molecule has 18 heavy (non-hydrogen) atoms. The van der Waals surface area contributed by atoms with Crippen molar-refractivity contribution < 1.29 is 13.5 Å². The quantitative estimate of drug-likeness (QED) is 0.835. The molecule has 0 amide bonds. The van der Waals surface area contributed by atoms with Gasteiger partial charge in [-0.15, -0.1) is 0 Å². The summed E-state index contributed by atoms with van der Waals surface area (Å²) in [7, 11) is 1.87. The molecule has 1 saturated heterocycles. The summed E-state index contributed by atoms with van der Waals surface area (Å²) in [4.78, 5) is 2.00. The van der Waals surface area contributed by atoms with Crippen LogP contribution >= 0.6 is 0 Å². The minimum absolute atomic E-state index is 0.0519. The lowest BCUT2D eigenvalue weighted by molar-refractivity contribution is -0.0640. The number of hydrogen-bond acceptors (Lipinski definition) is 3. The molecule has 0 aromatic rings. The maximum Gasteiger partial charge on any atom is 0.127 e. The predicted molar refractivity (Wildman–Crippen MR) is 66.6 cm³/mol. The van der Waals surface area contributed by atoms with Crippen LogP contribution in [0.2, 0.25) is 0 Å². The third-order valence-electron chi connectivity index (χ3n) is 3.17. The van der Waals surface area contributed by atoms with Gasteiger partial charge in [-0.25, -0.2) is 8.78 Å². The topological polar surface area (TPSA) is 24.5 Å². The zero-order chi connectivity index (χ0) is 13.1. The molecule has 5 heteroatoms. The number of nitrogens with one attached hydrogen (secondary N) is 1. The molecule has 0 aromatic carbocycles. The molecular weight excluding hydrogens is 238 g/mol. The van der Waals surface area contributed by atoms with Crippen molar-refractivity contribution in [2.45, 2.75) is 31.7 Å². The van der Waals surface area contributed by atoms with Gasteiger partial charge in [0.2, 0.25) is 0 Å². The van der Waals surface area contributed by atoms with Gasteiger partial charge in [0.05, 0.1) is 12.2 Å². The van der Waals surface area contributed by atoms with Crippen molar-refractivity contribution in [3.05, 3.63) is 23.7 Å².